The monoisotopic (exact) mass is 243 g/mol. The van der Waals surface area contributed by atoms with Crippen molar-refractivity contribution in [1.82, 2.24) is 4.98 Å². The predicted molar refractivity (Wildman–Crippen MR) is 77.7 cm³/mol. The van der Waals surface area contributed by atoms with E-state index in [1.54, 1.807) is 0 Å². The third kappa shape index (κ3) is 2.06. The molecule has 3 heteroatoms. The van der Waals surface area contributed by atoms with E-state index in [1.807, 2.05) is 6.07 Å². The lowest BCUT2D eigenvalue weighted by atomic mass is 9.90. The van der Waals surface area contributed by atoms with Gasteiger partial charge in [-0.25, -0.2) is 0 Å². The molecule has 0 unspecified atom stereocenters. The summed E-state index contributed by atoms with van der Waals surface area (Å²) in [5.41, 5.74) is 8.30. The van der Waals surface area contributed by atoms with E-state index in [-0.39, 0.29) is 5.41 Å². The molecule has 0 saturated carbocycles. The van der Waals surface area contributed by atoms with Gasteiger partial charge in [-0.1, -0.05) is 32.9 Å². The second kappa shape index (κ2) is 4.25. The molecule has 2 rings (SSSR count). The van der Waals surface area contributed by atoms with Gasteiger partial charge in [-0.05, 0) is 31.0 Å². The number of nitrogen functional groups attached to an aromatic ring is 1. The number of aryl methyl sites for hydroxylation is 2. The molecule has 0 saturated heterocycles. The lowest BCUT2D eigenvalue weighted by Gasteiger charge is -2.20. The first-order valence-electron chi connectivity index (χ1n) is 6.22. The fourth-order valence-corrected chi connectivity index (χ4v) is 2.03. The standard InChI is InChI=1S/C15H21N3/c1-9-6-7-11-12(18-16)8-13(15(3,4)5)17-14(11)10(9)2/h6-8H,16H2,1-5H3,(H,17,18). The van der Waals surface area contributed by atoms with Gasteiger partial charge in [0.15, 0.2) is 0 Å². The fourth-order valence-electron chi connectivity index (χ4n) is 2.03. The summed E-state index contributed by atoms with van der Waals surface area (Å²) in [7, 11) is 0. The van der Waals surface area contributed by atoms with Crippen molar-refractivity contribution in [3.8, 4) is 0 Å². The number of rotatable bonds is 1. The van der Waals surface area contributed by atoms with Crippen LogP contribution in [-0.4, -0.2) is 4.98 Å². The first-order chi connectivity index (χ1) is 8.34. The Kier molecular flexibility index (Phi) is 3.03. The third-order valence-corrected chi connectivity index (χ3v) is 3.43. The van der Waals surface area contributed by atoms with Crippen molar-refractivity contribution in [3.05, 3.63) is 35.0 Å². The molecule has 1 aromatic heterocycles. The van der Waals surface area contributed by atoms with Crippen LogP contribution in [-0.2, 0) is 5.41 Å². The molecule has 96 valence electrons. The van der Waals surface area contributed by atoms with Gasteiger partial charge >= 0.3 is 0 Å². The van der Waals surface area contributed by atoms with Crippen LogP contribution in [0.5, 0.6) is 0 Å². The Morgan fingerprint density at radius 1 is 1.17 bits per heavy atom. The second-order valence-electron chi connectivity index (χ2n) is 5.85. The van der Waals surface area contributed by atoms with Gasteiger partial charge in [-0.2, -0.15) is 0 Å². The number of nitrogens with one attached hydrogen (secondary N) is 1. The largest absolute Gasteiger partial charge is 0.323 e. The van der Waals surface area contributed by atoms with Crippen molar-refractivity contribution in [2.45, 2.75) is 40.0 Å². The van der Waals surface area contributed by atoms with E-state index in [4.69, 9.17) is 10.8 Å². The van der Waals surface area contributed by atoms with E-state index in [0.29, 0.717) is 0 Å². The van der Waals surface area contributed by atoms with E-state index in [1.165, 1.54) is 11.1 Å². The molecule has 0 amide bonds. The maximum atomic E-state index is 5.64. The summed E-state index contributed by atoms with van der Waals surface area (Å²) in [5.74, 6) is 5.64. The second-order valence-corrected chi connectivity index (χ2v) is 5.85. The normalized spacial score (nSPS) is 11.9. The third-order valence-electron chi connectivity index (χ3n) is 3.43. The molecule has 1 heterocycles. The van der Waals surface area contributed by atoms with E-state index in [2.05, 4.69) is 52.2 Å². The Morgan fingerprint density at radius 2 is 1.83 bits per heavy atom. The number of hydrogen-bond donors (Lipinski definition) is 2. The zero-order chi connectivity index (χ0) is 13.5. The van der Waals surface area contributed by atoms with Gasteiger partial charge in [-0.3, -0.25) is 10.8 Å². The van der Waals surface area contributed by atoms with Gasteiger partial charge in [0.2, 0.25) is 0 Å². The summed E-state index contributed by atoms with van der Waals surface area (Å²) >= 11 is 0. The highest BCUT2D eigenvalue weighted by atomic mass is 15.2. The molecular formula is C15H21N3. The number of pyridine rings is 1. The minimum atomic E-state index is 0.00990. The average Bonchev–Trinajstić information content (AvgIpc) is 2.31. The van der Waals surface area contributed by atoms with Crippen LogP contribution in [0.1, 0.15) is 37.6 Å². The summed E-state index contributed by atoms with van der Waals surface area (Å²) in [6.45, 7) is 10.7. The van der Waals surface area contributed by atoms with Crippen LogP contribution in [0.4, 0.5) is 5.69 Å². The lowest BCUT2D eigenvalue weighted by molar-refractivity contribution is 0.571. The Balaban J connectivity index is 2.85. The summed E-state index contributed by atoms with van der Waals surface area (Å²) in [4.78, 5) is 4.82. The van der Waals surface area contributed by atoms with E-state index < -0.39 is 0 Å². The Morgan fingerprint density at radius 3 is 2.39 bits per heavy atom. The summed E-state index contributed by atoms with van der Waals surface area (Å²) in [6, 6.07) is 6.22. The Bertz CT molecular complexity index is 595. The lowest BCUT2D eigenvalue weighted by Crippen LogP contribution is -2.16. The number of benzene rings is 1. The molecule has 2 aromatic rings. The topological polar surface area (TPSA) is 50.9 Å². The summed E-state index contributed by atoms with van der Waals surface area (Å²) in [5, 5.41) is 1.08. The number of hydrazine groups is 1. The number of anilines is 1. The van der Waals surface area contributed by atoms with E-state index in [9.17, 15) is 0 Å². The Hall–Kier alpha value is -1.61. The first kappa shape index (κ1) is 12.8. The molecule has 0 aliphatic heterocycles. The molecular weight excluding hydrogens is 222 g/mol. The molecule has 1 aromatic carbocycles. The van der Waals surface area contributed by atoms with Gasteiger partial charge in [0.05, 0.1) is 11.2 Å². The van der Waals surface area contributed by atoms with Gasteiger partial charge in [0, 0.05) is 16.5 Å². The number of aromatic nitrogens is 1. The zero-order valence-corrected chi connectivity index (χ0v) is 11.8. The number of nitrogens with zero attached hydrogens (tertiary/aromatic N) is 1. The Labute approximate surface area is 108 Å². The zero-order valence-electron chi connectivity index (χ0n) is 11.8. The van der Waals surface area contributed by atoms with Gasteiger partial charge < -0.3 is 5.43 Å². The van der Waals surface area contributed by atoms with Crippen LogP contribution >= 0.6 is 0 Å². The maximum Gasteiger partial charge on any atom is 0.0758 e. The van der Waals surface area contributed by atoms with Crippen LogP contribution in [0.15, 0.2) is 18.2 Å². The predicted octanol–water partition coefficient (Wildman–Crippen LogP) is 3.43. The molecule has 0 aliphatic carbocycles. The number of hydrogen-bond acceptors (Lipinski definition) is 3. The highest BCUT2D eigenvalue weighted by Crippen LogP contribution is 2.31. The average molecular weight is 243 g/mol. The molecule has 0 atom stereocenters. The van der Waals surface area contributed by atoms with Crippen LogP contribution < -0.4 is 11.3 Å². The van der Waals surface area contributed by atoms with Crippen molar-refractivity contribution < 1.29 is 0 Å². The van der Waals surface area contributed by atoms with Gasteiger partial charge in [0.25, 0.3) is 0 Å². The van der Waals surface area contributed by atoms with Crippen molar-refractivity contribution in [1.29, 1.82) is 0 Å². The minimum Gasteiger partial charge on any atom is -0.323 e. The number of fused-ring (bicyclic) bond motifs is 1. The molecule has 18 heavy (non-hydrogen) atoms. The van der Waals surface area contributed by atoms with E-state index in [0.717, 1.165) is 22.3 Å². The molecule has 0 radical (unpaired) electrons. The molecule has 0 fully saturated rings. The maximum absolute atomic E-state index is 5.64. The minimum absolute atomic E-state index is 0.00990. The van der Waals surface area contributed by atoms with Crippen molar-refractivity contribution >= 4 is 16.6 Å². The van der Waals surface area contributed by atoms with Crippen molar-refractivity contribution in [2.75, 3.05) is 5.43 Å². The van der Waals surface area contributed by atoms with Gasteiger partial charge in [-0.15, -0.1) is 0 Å². The summed E-state index contributed by atoms with van der Waals surface area (Å²) < 4.78 is 0. The quantitative estimate of drug-likeness (QED) is 0.596. The van der Waals surface area contributed by atoms with Gasteiger partial charge in [0.1, 0.15) is 0 Å². The van der Waals surface area contributed by atoms with E-state index >= 15 is 0 Å². The fraction of sp³-hybridized carbons (Fsp3) is 0.400. The van der Waals surface area contributed by atoms with Crippen molar-refractivity contribution in [3.63, 3.8) is 0 Å². The molecule has 0 spiro atoms. The molecule has 0 aliphatic rings. The summed E-state index contributed by atoms with van der Waals surface area (Å²) in [6.07, 6.45) is 0. The van der Waals surface area contributed by atoms with Crippen molar-refractivity contribution in [2.24, 2.45) is 5.84 Å². The highest BCUT2D eigenvalue weighted by molar-refractivity contribution is 5.93. The number of nitrogens with two attached hydrogens (primary N) is 1. The smallest absolute Gasteiger partial charge is 0.0758 e. The van der Waals surface area contributed by atoms with Crippen LogP contribution in [0.25, 0.3) is 10.9 Å². The van der Waals surface area contributed by atoms with Crippen LogP contribution in [0, 0.1) is 13.8 Å². The molecule has 0 bridgehead atoms. The SMILES string of the molecule is Cc1ccc2c(NN)cc(C(C)(C)C)nc2c1C. The molecule has 3 nitrogen and oxygen atoms in total. The highest BCUT2D eigenvalue weighted by Gasteiger charge is 2.18. The van der Waals surface area contributed by atoms with Crippen LogP contribution in [0.3, 0.4) is 0 Å². The van der Waals surface area contributed by atoms with Crippen LogP contribution in [0.2, 0.25) is 0 Å². The molecule has 3 N–H and O–H groups in total. The first-order valence-corrected chi connectivity index (χ1v) is 6.22.